The third kappa shape index (κ3) is 5.22. The number of anilines is 1. The van der Waals surface area contributed by atoms with E-state index in [1.54, 1.807) is 24.3 Å². The minimum absolute atomic E-state index is 0.232. The van der Waals surface area contributed by atoms with Gasteiger partial charge in [-0.2, -0.15) is 0 Å². The Labute approximate surface area is 165 Å². The first-order chi connectivity index (χ1) is 13.3. The summed E-state index contributed by atoms with van der Waals surface area (Å²) in [6.45, 7) is 3.66. The first-order valence-electron chi connectivity index (χ1n) is 9.17. The number of nitrogens with zero attached hydrogens (tertiary/aromatic N) is 3. The molecule has 0 unspecified atom stereocenters. The van der Waals surface area contributed by atoms with E-state index in [2.05, 4.69) is 9.89 Å². The molecule has 0 atom stereocenters. The third-order valence-corrected chi connectivity index (χ3v) is 5.95. The summed E-state index contributed by atoms with van der Waals surface area (Å²) in [6.07, 6.45) is 1.89. The summed E-state index contributed by atoms with van der Waals surface area (Å²) in [5, 5.41) is 0. The van der Waals surface area contributed by atoms with E-state index in [9.17, 15) is 12.8 Å². The molecule has 2 aromatic carbocycles. The van der Waals surface area contributed by atoms with Crippen molar-refractivity contribution in [2.75, 3.05) is 43.9 Å². The van der Waals surface area contributed by atoms with Crippen LogP contribution in [0.3, 0.4) is 0 Å². The van der Waals surface area contributed by atoms with Gasteiger partial charge in [-0.15, -0.1) is 0 Å². The fraction of sp³-hybridized carbons (Fsp3) is 0.350. The van der Waals surface area contributed by atoms with Gasteiger partial charge in [0.2, 0.25) is 0 Å². The highest BCUT2D eigenvalue weighted by molar-refractivity contribution is 7.90. The molecule has 1 aliphatic heterocycles. The summed E-state index contributed by atoms with van der Waals surface area (Å²) in [6, 6.07) is 13.4. The maximum absolute atomic E-state index is 13.0. The predicted molar refractivity (Wildman–Crippen MR) is 110 cm³/mol. The molecule has 1 saturated heterocycles. The zero-order chi connectivity index (χ0) is 20.1. The molecular weight excluding hydrogens is 379 g/mol. The van der Waals surface area contributed by atoms with Crippen LogP contribution in [0.5, 0.6) is 0 Å². The van der Waals surface area contributed by atoms with Gasteiger partial charge in [0.05, 0.1) is 4.90 Å². The molecule has 0 amide bonds. The van der Waals surface area contributed by atoms with E-state index in [0.717, 1.165) is 37.4 Å². The molecule has 8 heteroatoms. The Morgan fingerprint density at radius 2 is 1.64 bits per heavy atom. The zero-order valence-electron chi connectivity index (χ0n) is 15.9. The minimum Gasteiger partial charge on any atom is -0.370 e. The number of rotatable bonds is 5. The first-order valence-corrected chi connectivity index (χ1v) is 11.1. The van der Waals surface area contributed by atoms with Crippen molar-refractivity contribution in [3.8, 4) is 0 Å². The number of halogens is 1. The fourth-order valence-corrected chi connectivity index (χ4v) is 3.78. The Morgan fingerprint density at radius 3 is 2.21 bits per heavy atom. The summed E-state index contributed by atoms with van der Waals surface area (Å²) in [7, 11) is -3.17. The normalized spacial score (nSPS) is 15.7. The summed E-state index contributed by atoms with van der Waals surface area (Å²) >= 11 is 0. The molecule has 2 aromatic rings. The Hall–Kier alpha value is -2.61. The van der Waals surface area contributed by atoms with Gasteiger partial charge < -0.3 is 15.5 Å². The number of hydrogen-bond acceptors (Lipinski definition) is 4. The van der Waals surface area contributed by atoms with Crippen LogP contribution in [0.2, 0.25) is 0 Å². The molecule has 6 nitrogen and oxygen atoms in total. The van der Waals surface area contributed by atoms with Crippen molar-refractivity contribution < 1.29 is 12.8 Å². The van der Waals surface area contributed by atoms with Crippen molar-refractivity contribution in [3.05, 3.63) is 59.9 Å². The number of benzene rings is 2. The van der Waals surface area contributed by atoms with Crippen LogP contribution < -0.4 is 10.6 Å². The summed E-state index contributed by atoms with van der Waals surface area (Å²) < 4.78 is 36.0. The van der Waals surface area contributed by atoms with Gasteiger partial charge in [-0.3, -0.25) is 4.99 Å². The van der Waals surface area contributed by atoms with E-state index < -0.39 is 9.84 Å². The van der Waals surface area contributed by atoms with Gasteiger partial charge in [0.25, 0.3) is 0 Å². The van der Waals surface area contributed by atoms with Crippen molar-refractivity contribution in [2.45, 2.75) is 11.3 Å². The zero-order valence-corrected chi connectivity index (χ0v) is 16.7. The highest BCUT2D eigenvalue weighted by atomic mass is 32.2. The Kier molecular flexibility index (Phi) is 6.18. The minimum atomic E-state index is -3.17. The molecular formula is C20H25FN4O2S. The predicted octanol–water partition coefficient (Wildman–Crippen LogP) is 1.91. The fourth-order valence-electron chi connectivity index (χ4n) is 3.15. The quantitative estimate of drug-likeness (QED) is 0.608. The van der Waals surface area contributed by atoms with E-state index in [1.807, 2.05) is 17.0 Å². The van der Waals surface area contributed by atoms with Gasteiger partial charge in [0, 0.05) is 44.7 Å². The molecule has 0 saturated carbocycles. The molecule has 150 valence electrons. The molecule has 0 spiro atoms. The van der Waals surface area contributed by atoms with E-state index in [0.29, 0.717) is 23.8 Å². The molecule has 1 aliphatic rings. The highest BCUT2D eigenvalue weighted by Crippen LogP contribution is 2.17. The molecule has 1 heterocycles. The van der Waals surface area contributed by atoms with E-state index in [4.69, 9.17) is 5.73 Å². The highest BCUT2D eigenvalue weighted by Gasteiger charge is 2.18. The van der Waals surface area contributed by atoms with Crippen LogP contribution in [0.1, 0.15) is 5.56 Å². The van der Waals surface area contributed by atoms with Crippen LogP contribution in [-0.4, -0.2) is 58.3 Å². The number of sulfone groups is 1. The van der Waals surface area contributed by atoms with Crippen molar-refractivity contribution in [1.29, 1.82) is 0 Å². The molecule has 0 bridgehead atoms. The van der Waals surface area contributed by atoms with E-state index in [-0.39, 0.29) is 5.82 Å². The number of nitrogens with two attached hydrogens (primary N) is 1. The van der Waals surface area contributed by atoms with E-state index >= 15 is 0 Å². The second-order valence-corrected chi connectivity index (χ2v) is 8.87. The lowest BCUT2D eigenvalue weighted by atomic mass is 10.1. The summed E-state index contributed by atoms with van der Waals surface area (Å²) in [5.41, 5.74) is 8.15. The van der Waals surface area contributed by atoms with Gasteiger partial charge in [-0.1, -0.05) is 12.1 Å². The lowest BCUT2D eigenvalue weighted by molar-refractivity contribution is 0.381. The van der Waals surface area contributed by atoms with Crippen LogP contribution in [-0.2, 0) is 16.3 Å². The average molecular weight is 405 g/mol. The van der Waals surface area contributed by atoms with Crippen LogP contribution >= 0.6 is 0 Å². The van der Waals surface area contributed by atoms with Crippen molar-refractivity contribution in [1.82, 2.24) is 4.90 Å². The Balaban J connectivity index is 1.49. The first kappa shape index (κ1) is 20.1. The van der Waals surface area contributed by atoms with Crippen molar-refractivity contribution >= 4 is 21.5 Å². The molecule has 1 fully saturated rings. The van der Waals surface area contributed by atoms with E-state index in [1.165, 1.54) is 18.4 Å². The molecule has 3 rings (SSSR count). The second kappa shape index (κ2) is 8.60. The van der Waals surface area contributed by atoms with Crippen molar-refractivity contribution in [3.63, 3.8) is 0 Å². The molecule has 0 aliphatic carbocycles. The second-order valence-electron chi connectivity index (χ2n) is 6.86. The lowest BCUT2D eigenvalue weighted by Gasteiger charge is -2.36. The molecule has 0 radical (unpaired) electrons. The number of piperazine rings is 1. The SMILES string of the molecule is CS(=O)(=O)c1ccc(CCN=C(N)N2CCN(c3ccc(F)cc3)CC2)cc1. The maximum atomic E-state index is 13.0. The average Bonchev–Trinajstić information content (AvgIpc) is 2.68. The maximum Gasteiger partial charge on any atom is 0.191 e. The van der Waals surface area contributed by atoms with Gasteiger partial charge in [0.1, 0.15) is 5.82 Å². The van der Waals surface area contributed by atoms with Gasteiger partial charge in [-0.25, -0.2) is 12.8 Å². The third-order valence-electron chi connectivity index (χ3n) is 4.82. The standard InChI is InChI=1S/C20H25FN4O2S/c1-28(26,27)19-8-2-16(3-9-19)10-11-23-20(22)25-14-12-24(13-15-25)18-6-4-17(21)5-7-18/h2-9H,10-15H2,1H3,(H2,22,23). The van der Waals surface area contributed by atoms with Gasteiger partial charge in [-0.05, 0) is 48.4 Å². The van der Waals surface area contributed by atoms with Crippen LogP contribution in [0.4, 0.5) is 10.1 Å². The molecule has 0 aromatic heterocycles. The summed E-state index contributed by atoms with van der Waals surface area (Å²) in [5.74, 6) is 0.288. The largest absolute Gasteiger partial charge is 0.370 e. The smallest absolute Gasteiger partial charge is 0.191 e. The number of guanidine groups is 1. The number of aliphatic imine (C=N–C) groups is 1. The van der Waals surface area contributed by atoms with Gasteiger partial charge >= 0.3 is 0 Å². The van der Waals surface area contributed by atoms with Crippen LogP contribution in [0.25, 0.3) is 0 Å². The van der Waals surface area contributed by atoms with Gasteiger partial charge in [0.15, 0.2) is 15.8 Å². The molecule has 2 N–H and O–H groups in total. The topological polar surface area (TPSA) is 79.0 Å². The monoisotopic (exact) mass is 404 g/mol. The van der Waals surface area contributed by atoms with Crippen LogP contribution in [0, 0.1) is 5.82 Å². The molecule has 28 heavy (non-hydrogen) atoms. The number of hydrogen-bond donors (Lipinski definition) is 1. The lowest BCUT2D eigenvalue weighted by Crippen LogP contribution is -2.51. The Morgan fingerprint density at radius 1 is 1.04 bits per heavy atom. The van der Waals surface area contributed by atoms with Crippen molar-refractivity contribution in [2.24, 2.45) is 10.7 Å². The Bertz CT molecular complexity index is 920. The van der Waals surface area contributed by atoms with Crippen LogP contribution in [0.15, 0.2) is 58.4 Å². The summed E-state index contributed by atoms with van der Waals surface area (Å²) in [4.78, 5) is 9.02.